The van der Waals surface area contributed by atoms with Crippen LogP contribution in [0, 0.1) is 0 Å². The second kappa shape index (κ2) is 7.29. The van der Waals surface area contributed by atoms with Gasteiger partial charge < -0.3 is 9.47 Å². The van der Waals surface area contributed by atoms with Crippen LogP contribution in [0.5, 0.6) is 11.5 Å². The summed E-state index contributed by atoms with van der Waals surface area (Å²) >= 11 is 0. The number of methoxy groups -OCH3 is 1. The number of carbonyl (C=O) groups excluding carboxylic acids is 1. The Bertz CT molecular complexity index is 630. The Morgan fingerprint density at radius 2 is 1.86 bits per heavy atom. The maximum Gasteiger partial charge on any atom is 0.162 e. The maximum atomic E-state index is 11.0. The minimum absolute atomic E-state index is 0.0116. The van der Waals surface area contributed by atoms with Crippen molar-refractivity contribution in [3.05, 3.63) is 65.7 Å². The molecule has 0 fully saturated rings. The van der Waals surface area contributed by atoms with Crippen LogP contribution in [0.2, 0.25) is 0 Å². The van der Waals surface area contributed by atoms with Gasteiger partial charge in [0.2, 0.25) is 0 Å². The highest BCUT2D eigenvalue weighted by molar-refractivity contribution is 5.91. The van der Waals surface area contributed by atoms with Crippen LogP contribution in [-0.2, 0) is 11.4 Å². The van der Waals surface area contributed by atoms with Crippen LogP contribution in [0.15, 0.2) is 54.6 Å². The van der Waals surface area contributed by atoms with E-state index in [1.807, 2.05) is 48.5 Å². The van der Waals surface area contributed by atoms with E-state index in [0.717, 1.165) is 11.1 Å². The van der Waals surface area contributed by atoms with Crippen molar-refractivity contribution >= 4 is 11.9 Å². The van der Waals surface area contributed by atoms with Gasteiger partial charge in [0.1, 0.15) is 6.61 Å². The summed E-state index contributed by atoms with van der Waals surface area (Å²) in [5, 5.41) is 0. The van der Waals surface area contributed by atoms with Gasteiger partial charge in [-0.15, -0.1) is 0 Å². The van der Waals surface area contributed by atoms with Gasteiger partial charge in [0, 0.05) is 0 Å². The molecule has 0 unspecified atom stereocenters. The molecular weight excluding hydrogens is 264 g/mol. The van der Waals surface area contributed by atoms with Crippen LogP contribution in [0.4, 0.5) is 0 Å². The summed E-state index contributed by atoms with van der Waals surface area (Å²) in [7, 11) is 1.61. The predicted molar refractivity (Wildman–Crippen MR) is 83.5 cm³/mol. The molecule has 3 nitrogen and oxygen atoms in total. The summed E-state index contributed by atoms with van der Waals surface area (Å²) in [6.45, 7) is 1.99. The number of ether oxygens (including phenoxy) is 2. The molecule has 0 radical (unpaired) electrons. The highest BCUT2D eigenvalue weighted by Crippen LogP contribution is 2.29. The molecule has 0 heterocycles. The summed E-state index contributed by atoms with van der Waals surface area (Å²) in [4.78, 5) is 11.0. The van der Waals surface area contributed by atoms with Gasteiger partial charge in [-0.1, -0.05) is 42.5 Å². The van der Waals surface area contributed by atoms with Crippen LogP contribution < -0.4 is 9.47 Å². The normalized spacial score (nSPS) is 10.6. The van der Waals surface area contributed by atoms with Gasteiger partial charge in [0.15, 0.2) is 17.3 Å². The second-order valence-corrected chi connectivity index (χ2v) is 4.63. The highest BCUT2D eigenvalue weighted by atomic mass is 16.5. The Morgan fingerprint density at radius 3 is 2.52 bits per heavy atom. The van der Waals surface area contributed by atoms with Gasteiger partial charge in [-0.05, 0) is 36.3 Å². The van der Waals surface area contributed by atoms with Crippen molar-refractivity contribution in [2.45, 2.75) is 13.5 Å². The lowest BCUT2D eigenvalue weighted by Crippen LogP contribution is -1.97. The third kappa shape index (κ3) is 4.49. The summed E-state index contributed by atoms with van der Waals surface area (Å²) in [5.74, 6) is 1.34. The Labute approximate surface area is 124 Å². The standard InChI is InChI=1S/C18H18O3/c1-14(19)8-9-15-10-11-17(20-2)18(12-15)21-13-16-6-4-3-5-7-16/h3-12H,13H2,1-2H3. The van der Waals surface area contributed by atoms with E-state index < -0.39 is 0 Å². The molecule has 3 heteroatoms. The fourth-order valence-corrected chi connectivity index (χ4v) is 1.86. The molecule has 0 N–H and O–H groups in total. The minimum Gasteiger partial charge on any atom is -0.493 e. The first-order chi connectivity index (χ1) is 10.2. The van der Waals surface area contributed by atoms with Crippen LogP contribution in [0.25, 0.3) is 6.08 Å². The molecule has 0 amide bonds. The van der Waals surface area contributed by atoms with Crippen molar-refractivity contribution in [3.8, 4) is 11.5 Å². The first-order valence-electron chi connectivity index (χ1n) is 6.72. The molecule has 0 spiro atoms. The smallest absolute Gasteiger partial charge is 0.162 e. The predicted octanol–water partition coefficient (Wildman–Crippen LogP) is 3.88. The molecular formula is C18H18O3. The Balaban J connectivity index is 2.16. The van der Waals surface area contributed by atoms with Gasteiger partial charge in [-0.3, -0.25) is 4.79 Å². The van der Waals surface area contributed by atoms with Crippen molar-refractivity contribution in [2.75, 3.05) is 7.11 Å². The van der Waals surface area contributed by atoms with Crippen LogP contribution in [0.1, 0.15) is 18.1 Å². The number of carbonyl (C=O) groups is 1. The van der Waals surface area contributed by atoms with E-state index in [4.69, 9.17) is 9.47 Å². The number of hydrogen-bond acceptors (Lipinski definition) is 3. The summed E-state index contributed by atoms with van der Waals surface area (Å²) in [6, 6.07) is 15.5. The van der Waals surface area contributed by atoms with Gasteiger partial charge in [-0.2, -0.15) is 0 Å². The van der Waals surface area contributed by atoms with Crippen molar-refractivity contribution in [2.24, 2.45) is 0 Å². The first kappa shape index (κ1) is 14.9. The molecule has 108 valence electrons. The van der Waals surface area contributed by atoms with Crippen LogP contribution in [0.3, 0.4) is 0 Å². The van der Waals surface area contributed by atoms with Crippen molar-refractivity contribution in [1.82, 2.24) is 0 Å². The van der Waals surface area contributed by atoms with E-state index in [0.29, 0.717) is 18.1 Å². The molecule has 0 aliphatic rings. The van der Waals surface area contributed by atoms with Crippen molar-refractivity contribution in [1.29, 1.82) is 0 Å². The molecule has 21 heavy (non-hydrogen) atoms. The summed E-state index contributed by atoms with van der Waals surface area (Å²) in [5.41, 5.74) is 1.98. The van der Waals surface area contributed by atoms with Gasteiger partial charge in [-0.25, -0.2) is 0 Å². The molecule has 0 saturated heterocycles. The van der Waals surface area contributed by atoms with Crippen LogP contribution >= 0.6 is 0 Å². The minimum atomic E-state index is 0.0116. The molecule has 0 atom stereocenters. The fraction of sp³-hybridized carbons (Fsp3) is 0.167. The molecule has 0 aliphatic heterocycles. The molecule has 2 aromatic rings. The fourth-order valence-electron chi connectivity index (χ4n) is 1.86. The average molecular weight is 282 g/mol. The largest absolute Gasteiger partial charge is 0.493 e. The van der Waals surface area contributed by atoms with E-state index >= 15 is 0 Å². The van der Waals surface area contributed by atoms with Crippen LogP contribution in [-0.4, -0.2) is 12.9 Å². The van der Waals surface area contributed by atoms with E-state index in [1.54, 1.807) is 13.2 Å². The third-order valence-electron chi connectivity index (χ3n) is 2.94. The molecule has 2 rings (SSSR count). The first-order valence-corrected chi connectivity index (χ1v) is 6.72. The average Bonchev–Trinajstić information content (AvgIpc) is 2.52. The third-order valence-corrected chi connectivity index (χ3v) is 2.94. The number of allylic oxidation sites excluding steroid dienone is 1. The Hall–Kier alpha value is -2.55. The quantitative estimate of drug-likeness (QED) is 0.754. The molecule has 0 bridgehead atoms. The Kier molecular flexibility index (Phi) is 5.16. The topological polar surface area (TPSA) is 35.5 Å². The molecule has 0 aliphatic carbocycles. The van der Waals surface area contributed by atoms with E-state index in [1.165, 1.54) is 13.0 Å². The van der Waals surface area contributed by atoms with Crippen molar-refractivity contribution < 1.29 is 14.3 Å². The van der Waals surface area contributed by atoms with Gasteiger partial charge in [0.05, 0.1) is 7.11 Å². The molecule has 0 aromatic heterocycles. The lowest BCUT2D eigenvalue weighted by atomic mass is 10.1. The number of ketones is 1. The zero-order valence-electron chi connectivity index (χ0n) is 12.2. The van der Waals surface area contributed by atoms with Gasteiger partial charge >= 0.3 is 0 Å². The molecule has 0 saturated carbocycles. The zero-order valence-corrected chi connectivity index (χ0v) is 12.2. The summed E-state index contributed by atoms with van der Waals surface area (Å²) in [6.07, 6.45) is 3.29. The number of benzene rings is 2. The zero-order chi connectivity index (χ0) is 15.1. The molecule has 2 aromatic carbocycles. The van der Waals surface area contributed by atoms with E-state index in [9.17, 15) is 4.79 Å². The highest BCUT2D eigenvalue weighted by Gasteiger charge is 2.05. The maximum absolute atomic E-state index is 11.0. The van der Waals surface area contributed by atoms with E-state index in [-0.39, 0.29) is 5.78 Å². The summed E-state index contributed by atoms with van der Waals surface area (Å²) < 4.78 is 11.1. The van der Waals surface area contributed by atoms with Crippen molar-refractivity contribution in [3.63, 3.8) is 0 Å². The van der Waals surface area contributed by atoms with E-state index in [2.05, 4.69) is 0 Å². The second-order valence-electron chi connectivity index (χ2n) is 4.63. The van der Waals surface area contributed by atoms with Gasteiger partial charge in [0.25, 0.3) is 0 Å². The Morgan fingerprint density at radius 1 is 1.10 bits per heavy atom. The number of rotatable bonds is 6. The lowest BCUT2D eigenvalue weighted by molar-refractivity contribution is -0.112. The lowest BCUT2D eigenvalue weighted by Gasteiger charge is -2.11. The SMILES string of the molecule is COc1ccc(C=CC(C)=O)cc1OCc1ccccc1. The monoisotopic (exact) mass is 282 g/mol. The number of hydrogen-bond donors (Lipinski definition) is 0.